The summed E-state index contributed by atoms with van der Waals surface area (Å²) >= 11 is 0. The molecule has 1 amide bonds. The second kappa shape index (κ2) is 7.25. The Morgan fingerprint density at radius 3 is 2.40 bits per heavy atom. The topological polar surface area (TPSA) is 32.3 Å². The first-order valence-electron chi connectivity index (χ1n) is 7.01. The summed E-state index contributed by atoms with van der Waals surface area (Å²) in [5.41, 5.74) is 5.60. The molecule has 0 radical (unpaired) electrons. The third-order valence-electron chi connectivity index (χ3n) is 3.50. The number of rotatable bonds is 5. The van der Waals surface area contributed by atoms with E-state index in [1.807, 2.05) is 37.2 Å². The summed E-state index contributed by atoms with van der Waals surface area (Å²) < 4.78 is 0. The highest BCUT2D eigenvalue weighted by Crippen LogP contribution is 2.22. The molecule has 1 aromatic rings. The minimum atomic E-state index is -0.00495. The Balaban J connectivity index is 2.90. The maximum atomic E-state index is 12.1. The summed E-state index contributed by atoms with van der Waals surface area (Å²) in [6.07, 6.45) is 0. The van der Waals surface area contributed by atoms with Crippen LogP contribution >= 0.6 is 0 Å². The fraction of sp³-hybridized carbons (Fsp3) is 0.471. The molecular formula is C17H26N2O. The van der Waals surface area contributed by atoms with Crippen LogP contribution in [0.25, 0.3) is 5.57 Å². The molecule has 0 aliphatic heterocycles. The number of aryl methyl sites for hydroxylation is 1. The monoisotopic (exact) mass is 274 g/mol. The number of carbonyl (C=O) groups excluding carboxylic acids is 1. The Labute approximate surface area is 122 Å². The molecule has 20 heavy (non-hydrogen) atoms. The third kappa shape index (κ3) is 4.49. The number of allylic oxidation sites excluding steroid dienone is 2. The molecule has 1 aromatic carbocycles. The van der Waals surface area contributed by atoms with Gasteiger partial charge in [0.05, 0.1) is 0 Å². The minimum Gasteiger partial charge on any atom is -0.351 e. The lowest BCUT2D eigenvalue weighted by Gasteiger charge is -2.13. The zero-order chi connectivity index (χ0) is 15.3. The molecule has 0 heterocycles. The first-order chi connectivity index (χ1) is 9.32. The molecule has 0 aromatic heterocycles. The van der Waals surface area contributed by atoms with Gasteiger partial charge < -0.3 is 10.2 Å². The minimum absolute atomic E-state index is 0.00495. The van der Waals surface area contributed by atoms with Gasteiger partial charge in [0.25, 0.3) is 5.91 Å². The molecule has 0 spiro atoms. The van der Waals surface area contributed by atoms with E-state index in [2.05, 4.69) is 33.0 Å². The van der Waals surface area contributed by atoms with Crippen molar-refractivity contribution in [3.05, 3.63) is 40.5 Å². The second-order valence-electron chi connectivity index (χ2n) is 5.71. The van der Waals surface area contributed by atoms with Crippen molar-refractivity contribution in [1.82, 2.24) is 10.2 Å². The van der Waals surface area contributed by atoms with Crippen LogP contribution in [0.5, 0.6) is 0 Å². The van der Waals surface area contributed by atoms with Crippen LogP contribution in [0, 0.1) is 6.92 Å². The largest absolute Gasteiger partial charge is 0.351 e. The standard InChI is InChI=1S/C17H26N2O/c1-12(2)14(4)16-11-15(8-7-13(16)3)17(20)18-9-10-19(5)6/h7-8,11H,9-10H2,1-6H3,(H,18,20). The highest BCUT2D eigenvalue weighted by atomic mass is 16.1. The SMILES string of the molecule is CC(C)=C(C)c1cc(C(=O)NCCN(C)C)ccc1C. The Morgan fingerprint density at radius 2 is 1.85 bits per heavy atom. The van der Waals surface area contributed by atoms with E-state index in [4.69, 9.17) is 0 Å². The Bertz CT molecular complexity index is 512. The Morgan fingerprint density at radius 1 is 1.20 bits per heavy atom. The maximum Gasteiger partial charge on any atom is 0.251 e. The van der Waals surface area contributed by atoms with Gasteiger partial charge in [-0.2, -0.15) is 0 Å². The summed E-state index contributed by atoms with van der Waals surface area (Å²) in [7, 11) is 3.99. The van der Waals surface area contributed by atoms with E-state index in [9.17, 15) is 4.79 Å². The van der Waals surface area contributed by atoms with E-state index in [0.717, 1.165) is 17.7 Å². The van der Waals surface area contributed by atoms with Crippen molar-refractivity contribution in [3.63, 3.8) is 0 Å². The van der Waals surface area contributed by atoms with Gasteiger partial charge in [-0.1, -0.05) is 11.6 Å². The number of nitrogens with zero attached hydrogens (tertiary/aromatic N) is 1. The molecule has 0 aliphatic carbocycles. The molecule has 1 rings (SSSR count). The highest BCUT2D eigenvalue weighted by molar-refractivity contribution is 5.95. The Hall–Kier alpha value is -1.61. The molecule has 0 aliphatic rings. The lowest BCUT2D eigenvalue weighted by atomic mass is 9.96. The number of nitrogens with one attached hydrogen (secondary N) is 1. The van der Waals surface area contributed by atoms with Crippen LogP contribution in [0.15, 0.2) is 23.8 Å². The van der Waals surface area contributed by atoms with Gasteiger partial charge in [0.2, 0.25) is 0 Å². The number of amides is 1. The molecule has 0 bridgehead atoms. The van der Waals surface area contributed by atoms with Gasteiger partial charge >= 0.3 is 0 Å². The third-order valence-corrected chi connectivity index (χ3v) is 3.50. The van der Waals surface area contributed by atoms with Crippen molar-refractivity contribution < 1.29 is 4.79 Å². The van der Waals surface area contributed by atoms with Crippen LogP contribution in [-0.4, -0.2) is 38.0 Å². The van der Waals surface area contributed by atoms with E-state index in [0.29, 0.717) is 6.54 Å². The summed E-state index contributed by atoms with van der Waals surface area (Å²) in [4.78, 5) is 14.2. The molecule has 0 atom stereocenters. The summed E-state index contributed by atoms with van der Waals surface area (Å²) in [6.45, 7) is 9.88. The van der Waals surface area contributed by atoms with Crippen molar-refractivity contribution >= 4 is 11.5 Å². The molecule has 0 fully saturated rings. The molecule has 3 heteroatoms. The molecule has 0 unspecified atom stereocenters. The maximum absolute atomic E-state index is 12.1. The fourth-order valence-electron chi connectivity index (χ4n) is 1.93. The zero-order valence-electron chi connectivity index (χ0n) is 13.5. The van der Waals surface area contributed by atoms with Crippen molar-refractivity contribution in [3.8, 4) is 0 Å². The molecule has 1 N–H and O–H groups in total. The van der Waals surface area contributed by atoms with Crippen LogP contribution in [0.1, 0.15) is 42.3 Å². The van der Waals surface area contributed by atoms with Gasteiger partial charge in [0.1, 0.15) is 0 Å². The van der Waals surface area contributed by atoms with E-state index in [1.54, 1.807) is 0 Å². The average molecular weight is 274 g/mol. The number of hydrogen-bond donors (Lipinski definition) is 1. The highest BCUT2D eigenvalue weighted by Gasteiger charge is 2.09. The van der Waals surface area contributed by atoms with Crippen LogP contribution in [0.4, 0.5) is 0 Å². The molecule has 110 valence electrons. The van der Waals surface area contributed by atoms with Crippen LogP contribution in [-0.2, 0) is 0 Å². The number of hydrogen-bond acceptors (Lipinski definition) is 2. The van der Waals surface area contributed by atoms with Gasteiger partial charge in [0, 0.05) is 18.7 Å². The quantitative estimate of drug-likeness (QED) is 0.895. The second-order valence-corrected chi connectivity index (χ2v) is 5.71. The first-order valence-corrected chi connectivity index (χ1v) is 7.01. The van der Waals surface area contributed by atoms with Gasteiger partial charge in [-0.15, -0.1) is 0 Å². The molecule has 3 nitrogen and oxygen atoms in total. The summed E-state index contributed by atoms with van der Waals surface area (Å²) in [5, 5.41) is 2.95. The predicted molar refractivity (Wildman–Crippen MR) is 86.0 cm³/mol. The average Bonchev–Trinajstić information content (AvgIpc) is 2.37. The van der Waals surface area contributed by atoms with Gasteiger partial charge in [-0.25, -0.2) is 0 Å². The molecular weight excluding hydrogens is 248 g/mol. The van der Waals surface area contributed by atoms with Crippen molar-refractivity contribution in [2.24, 2.45) is 0 Å². The lowest BCUT2D eigenvalue weighted by Crippen LogP contribution is -2.31. The predicted octanol–water partition coefficient (Wildman–Crippen LogP) is 3.10. The number of likely N-dealkylation sites (N-methyl/N-ethyl adjacent to an activating group) is 1. The zero-order valence-corrected chi connectivity index (χ0v) is 13.5. The van der Waals surface area contributed by atoms with Crippen molar-refractivity contribution in [2.45, 2.75) is 27.7 Å². The smallest absolute Gasteiger partial charge is 0.251 e. The Kier molecular flexibility index (Phi) is 5.96. The van der Waals surface area contributed by atoms with Crippen LogP contribution < -0.4 is 5.32 Å². The molecule has 0 saturated carbocycles. The normalized spacial score (nSPS) is 10.6. The van der Waals surface area contributed by atoms with Gasteiger partial charge in [0.15, 0.2) is 0 Å². The van der Waals surface area contributed by atoms with Gasteiger partial charge in [-0.05, 0) is 70.6 Å². The van der Waals surface area contributed by atoms with Crippen molar-refractivity contribution in [1.29, 1.82) is 0 Å². The summed E-state index contributed by atoms with van der Waals surface area (Å²) in [6, 6.07) is 5.90. The molecule has 0 saturated heterocycles. The van der Waals surface area contributed by atoms with E-state index in [-0.39, 0.29) is 5.91 Å². The van der Waals surface area contributed by atoms with E-state index in [1.165, 1.54) is 16.7 Å². The van der Waals surface area contributed by atoms with Crippen molar-refractivity contribution in [2.75, 3.05) is 27.2 Å². The lowest BCUT2D eigenvalue weighted by molar-refractivity contribution is 0.0951. The fourth-order valence-corrected chi connectivity index (χ4v) is 1.93. The van der Waals surface area contributed by atoms with Crippen LogP contribution in [0.2, 0.25) is 0 Å². The number of carbonyl (C=O) groups is 1. The first kappa shape index (κ1) is 16.4. The van der Waals surface area contributed by atoms with Gasteiger partial charge in [-0.3, -0.25) is 4.79 Å². The number of benzene rings is 1. The van der Waals surface area contributed by atoms with E-state index < -0.39 is 0 Å². The van der Waals surface area contributed by atoms with E-state index >= 15 is 0 Å². The van der Waals surface area contributed by atoms with Crippen LogP contribution in [0.3, 0.4) is 0 Å². The summed E-state index contributed by atoms with van der Waals surface area (Å²) in [5.74, 6) is -0.00495.